The van der Waals surface area contributed by atoms with Gasteiger partial charge in [0.2, 0.25) is 0 Å². The maximum atomic E-state index is 12.3. The number of anilines is 1. The van der Waals surface area contributed by atoms with Crippen LogP contribution in [-0.2, 0) is 9.59 Å². The third-order valence-corrected chi connectivity index (χ3v) is 3.98. The van der Waals surface area contributed by atoms with Crippen molar-refractivity contribution in [1.82, 2.24) is 4.90 Å². The predicted molar refractivity (Wildman–Crippen MR) is 84.1 cm³/mol. The smallest absolute Gasteiger partial charge is 0.313 e. The molecule has 21 heavy (non-hydrogen) atoms. The predicted octanol–water partition coefficient (Wildman–Crippen LogP) is 2.75. The molecule has 4 nitrogen and oxygen atoms in total. The van der Waals surface area contributed by atoms with Crippen LogP contribution in [0.25, 0.3) is 0 Å². The Morgan fingerprint density at radius 3 is 2.33 bits per heavy atom. The number of piperidine rings is 1. The third-order valence-electron chi connectivity index (χ3n) is 3.98. The van der Waals surface area contributed by atoms with Crippen molar-refractivity contribution in [3.05, 3.63) is 29.3 Å². The number of nitrogens with zero attached hydrogens (tertiary/aromatic N) is 1. The number of carbonyl (C=O) groups excluding carboxylic acids is 2. The first-order valence-corrected chi connectivity index (χ1v) is 7.54. The third kappa shape index (κ3) is 3.84. The van der Waals surface area contributed by atoms with E-state index in [1.807, 2.05) is 32.0 Å². The molecule has 0 aromatic heterocycles. The molecule has 1 N–H and O–H groups in total. The first kappa shape index (κ1) is 15.5. The zero-order valence-corrected chi connectivity index (χ0v) is 13.3. The highest BCUT2D eigenvalue weighted by atomic mass is 16.2. The topological polar surface area (TPSA) is 49.4 Å². The maximum Gasteiger partial charge on any atom is 0.313 e. The van der Waals surface area contributed by atoms with E-state index in [1.54, 1.807) is 4.90 Å². The van der Waals surface area contributed by atoms with E-state index in [0.29, 0.717) is 30.6 Å². The standard InChI is InChI=1S/C17H24N2O2/c1-11-5-6-15(14(4)8-11)18-16(20)17(21)19-9-12(2)7-13(3)10-19/h5-6,8,12-13H,7,9-10H2,1-4H3,(H,18,20). The molecule has 1 saturated heterocycles. The maximum absolute atomic E-state index is 12.3. The Kier molecular flexibility index (Phi) is 4.66. The fraction of sp³-hybridized carbons (Fsp3) is 0.529. The molecule has 0 bridgehead atoms. The highest BCUT2D eigenvalue weighted by Gasteiger charge is 2.29. The summed E-state index contributed by atoms with van der Waals surface area (Å²) in [5.41, 5.74) is 2.81. The van der Waals surface area contributed by atoms with Gasteiger partial charge in [-0.3, -0.25) is 9.59 Å². The molecule has 1 heterocycles. The number of hydrogen-bond donors (Lipinski definition) is 1. The highest BCUT2D eigenvalue weighted by Crippen LogP contribution is 2.21. The second-order valence-corrected chi connectivity index (χ2v) is 6.43. The van der Waals surface area contributed by atoms with Crippen LogP contribution in [0.2, 0.25) is 0 Å². The van der Waals surface area contributed by atoms with Gasteiger partial charge in [-0.05, 0) is 43.7 Å². The van der Waals surface area contributed by atoms with E-state index in [1.165, 1.54) is 0 Å². The molecule has 2 atom stereocenters. The number of carbonyl (C=O) groups is 2. The molecule has 0 aliphatic carbocycles. The van der Waals surface area contributed by atoms with Crippen molar-refractivity contribution in [2.45, 2.75) is 34.1 Å². The molecule has 1 aromatic carbocycles. The number of hydrogen-bond acceptors (Lipinski definition) is 2. The molecule has 2 unspecified atom stereocenters. The average molecular weight is 288 g/mol. The van der Waals surface area contributed by atoms with Crippen molar-refractivity contribution < 1.29 is 9.59 Å². The molecule has 1 aliphatic heterocycles. The Hall–Kier alpha value is -1.84. The summed E-state index contributed by atoms with van der Waals surface area (Å²) in [4.78, 5) is 26.1. The minimum absolute atomic E-state index is 0.423. The lowest BCUT2D eigenvalue weighted by Gasteiger charge is -2.34. The Morgan fingerprint density at radius 2 is 1.76 bits per heavy atom. The molecule has 1 aromatic rings. The van der Waals surface area contributed by atoms with Crippen LogP contribution in [0.15, 0.2) is 18.2 Å². The van der Waals surface area contributed by atoms with Crippen LogP contribution in [0, 0.1) is 25.7 Å². The van der Waals surface area contributed by atoms with Crippen molar-refractivity contribution in [3.8, 4) is 0 Å². The number of amides is 2. The summed E-state index contributed by atoms with van der Waals surface area (Å²) in [7, 11) is 0. The van der Waals surface area contributed by atoms with Gasteiger partial charge >= 0.3 is 11.8 Å². The van der Waals surface area contributed by atoms with Gasteiger partial charge in [-0.1, -0.05) is 31.5 Å². The van der Waals surface area contributed by atoms with E-state index in [9.17, 15) is 9.59 Å². The number of benzene rings is 1. The normalized spacial score (nSPS) is 22.0. The van der Waals surface area contributed by atoms with Crippen molar-refractivity contribution in [2.75, 3.05) is 18.4 Å². The number of aryl methyl sites for hydroxylation is 2. The van der Waals surface area contributed by atoms with Gasteiger partial charge in [0.25, 0.3) is 0 Å². The summed E-state index contributed by atoms with van der Waals surface area (Å²) in [5, 5.41) is 2.73. The van der Waals surface area contributed by atoms with E-state index in [-0.39, 0.29) is 0 Å². The van der Waals surface area contributed by atoms with Crippen LogP contribution in [0.3, 0.4) is 0 Å². The zero-order chi connectivity index (χ0) is 15.6. The minimum Gasteiger partial charge on any atom is -0.334 e. The number of rotatable bonds is 1. The molecule has 1 aliphatic rings. The Balaban J connectivity index is 2.04. The average Bonchev–Trinajstić information content (AvgIpc) is 2.40. The summed E-state index contributed by atoms with van der Waals surface area (Å²) in [6.45, 7) is 9.52. The van der Waals surface area contributed by atoms with Crippen molar-refractivity contribution in [1.29, 1.82) is 0 Å². The zero-order valence-electron chi connectivity index (χ0n) is 13.3. The van der Waals surface area contributed by atoms with E-state index in [0.717, 1.165) is 17.5 Å². The molecule has 1 fully saturated rings. The summed E-state index contributed by atoms with van der Waals surface area (Å²) in [5.74, 6) is -0.0603. The lowest BCUT2D eigenvalue weighted by atomic mass is 9.92. The lowest BCUT2D eigenvalue weighted by molar-refractivity contribution is -0.144. The molecule has 0 saturated carbocycles. The van der Waals surface area contributed by atoms with Gasteiger partial charge in [-0.2, -0.15) is 0 Å². The molecule has 2 rings (SSSR count). The van der Waals surface area contributed by atoms with Gasteiger partial charge < -0.3 is 10.2 Å². The van der Waals surface area contributed by atoms with Crippen LogP contribution < -0.4 is 5.32 Å². The van der Waals surface area contributed by atoms with Crippen LogP contribution in [0.4, 0.5) is 5.69 Å². The molecule has 0 radical (unpaired) electrons. The Labute approximate surface area is 126 Å². The molecule has 2 amide bonds. The van der Waals surface area contributed by atoms with Gasteiger partial charge in [-0.15, -0.1) is 0 Å². The summed E-state index contributed by atoms with van der Waals surface area (Å²) in [6.07, 6.45) is 1.11. The first-order valence-electron chi connectivity index (χ1n) is 7.54. The molecular formula is C17H24N2O2. The van der Waals surface area contributed by atoms with E-state index >= 15 is 0 Å². The van der Waals surface area contributed by atoms with Gasteiger partial charge in [0.1, 0.15) is 0 Å². The molecule has 0 spiro atoms. The van der Waals surface area contributed by atoms with Crippen molar-refractivity contribution >= 4 is 17.5 Å². The van der Waals surface area contributed by atoms with Crippen LogP contribution in [0.5, 0.6) is 0 Å². The van der Waals surface area contributed by atoms with Crippen LogP contribution >= 0.6 is 0 Å². The van der Waals surface area contributed by atoms with Crippen molar-refractivity contribution in [3.63, 3.8) is 0 Å². The largest absolute Gasteiger partial charge is 0.334 e. The van der Waals surface area contributed by atoms with Crippen LogP contribution in [0.1, 0.15) is 31.4 Å². The van der Waals surface area contributed by atoms with E-state index in [2.05, 4.69) is 19.2 Å². The lowest BCUT2D eigenvalue weighted by Crippen LogP contribution is -2.47. The summed E-state index contributed by atoms with van der Waals surface area (Å²) in [6, 6.07) is 5.76. The van der Waals surface area contributed by atoms with Crippen LogP contribution in [-0.4, -0.2) is 29.8 Å². The van der Waals surface area contributed by atoms with Gasteiger partial charge in [0.15, 0.2) is 0 Å². The highest BCUT2D eigenvalue weighted by molar-refractivity contribution is 6.39. The van der Waals surface area contributed by atoms with Gasteiger partial charge in [0.05, 0.1) is 0 Å². The van der Waals surface area contributed by atoms with E-state index < -0.39 is 11.8 Å². The Bertz CT molecular complexity index is 544. The van der Waals surface area contributed by atoms with Crippen molar-refractivity contribution in [2.24, 2.45) is 11.8 Å². The second kappa shape index (κ2) is 6.29. The Morgan fingerprint density at radius 1 is 1.14 bits per heavy atom. The second-order valence-electron chi connectivity index (χ2n) is 6.43. The molecular weight excluding hydrogens is 264 g/mol. The fourth-order valence-corrected chi connectivity index (χ4v) is 3.10. The van der Waals surface area contributed by atoms with Gasteiger partial charge in [0, 0.05) is 18.8 Å². The minimum atomic E-state index is -0.539. The quantitative estimate of drug-likeness (QED) is 0.808. The summed E-state index contributed by atoms with van der Waals surface area (Å²) >= 11 is 0. The monoisotopic (exact) mass is 288 g/mol. The number of nitrogens with one attached hydrogen (secondary N) is 1. The SMILES string of the molecule is Cc1ccc(NC(=O)C(=O)N2CC(C)CC(C)C2)c(C)c1. The fourth-order valence-electron chi connectivity index (χ4n) is 3.10. The van der Waals surface area contributed by atoms with E-state index in [4.69, 9.17) is 0 Å². The van der Waals surface area contributed by atoms with Gasteiger partial charge in [-0.25, -0.2) is 0 Å². The molecule has 4 heteroatoms. The first-order chi connectivity index (χ1) is 9.86. The number of likely N-dealkylation sites (tertiary alicyclic amines) is 1. The molecule has 114 valence electrons. The summed E-state index contributed by atoms with van der Waals surface area (Å²) < 4.78 is 0.